The standard InChI is InChI=1S/C15H21N3O2/c1-2-3-10-20-11-9-18-15(19)14-6-8-17-12-13(14)5-4-7-16/h6,8,12H,2-3,7,9-11,16H2,1H3,(H,18,19). The van der Waals surface area contributed by atoms with Crippen LogP contribution in [0.25, 0.3) is 0 Å². The summed E-state index contributed by atoms with van der Waals surface area (Å²) in [5.41, 5.74) is 6.42. The molecule has 108 valence electrons. The summed E-state index contributed by atoms with van der Waals surface area (Å²) < 4.78 is 5.38. The van der Waals surface area contributed by atoms with E-state index in [0.717, 1.165) is 19.4 Å². The van der Waals surface area contributed by atoms with Crippen LogP contribution in [-0.4, -0.2) is 37.2 Å². The van der Waals surface area contributed by atoms with Crippen LogP contribution in [0.4, 0.5) is 0 Å². The third kappa shape index (κ3) is 5.83. The van der Waals surface area contributed by atoms with Gasteiger partial charge in [-0.25, -0.2) is 0 Å². The molecule has 5 heteroatoms. The number of nitrogens with two attached hydrogens (primary N) is 1. The minimum Gasteiger partial charge on any atom is -0.380 e. The van der Waals surface area contributed by atoms with Gasteiger partial charge in [-0.15, -0.1) is 0 Å². The van der Waals surface area contributed by atoms with E-state index >= 15 is 0 Å². The van der Waals surface area contributed by atoms with Gasteiger partial charge < -0.3 is 15.8 Å². The van der Waals surface area contributed by atoms with Gasteiger partial charge in [0.2, 0.25) is 0 Å². The molecule has 0 aromatic carbocycles. The fourth-order valence-electron chi connectivity index (χ4n) is 1.52. The fourth-order valence-corrected chi connectivity index (χ4v) is 1.52. The van der Waals surface area contributed by atoms with Crippen LogP contribution in [0.5, 0.6) is 0 Å². The van der Waals surface area contributed by atoms with Crippen LogP contribution in [0.2, 0.25) is 0 Å². The number of nitrogens with zero attached hydrogens (tertiary/aromatic N) is 1. The molecule has 1 aromatic heterocycles. The van der Waals surface area contributed by atoms with Crippen molar-refractivity contribution in [1.29, 1.82) is 0 Å². The van der Waals surface area contributed by atoms with Crippen molar-refractivity contribution in [2.24, 2.45) is 5.73 Å². The average Bonchev–Trinajstić information content (AvgIpc) is 2.48. The highest BCUT2D eigenvalue weighted by molar-refractivity contribution is 5.96. The van der Waals surface area contributed by atoms with E-state index in [-0.39, 0.29) is 12.5 Å². The first-order chi connectivity index (χ1) is 9.79. The van der Waals surface area contributed by atoms with Crippen molar-refractivity contribution in [3.8, 4) is 11.8 Å². The smallest absolute Gasteiger partial charge is 0.252 e. The third-order valence-electron chi connectivity index (χ3n) is 2.57. The molecular weight excluding hydrogens is 254 g/mol. The Morgan fingerprint density at radius 1 is 1.50 bits per heavy atom. The molecule has 0 spiro atoms. The van der Waals surface area contributed by atoms with Gasteiger partial charge in [0.1, 0.15) is 0 Å². The fraction of sp³-hybridized carbons (Fsp3) is 0.467. The Morgan fingerprint density at radius 3 is 3.10 bits per heavy atom. The summed E-state index contributed by atoms with van der Waals surface area (Å²) in [6.07, 6.45) is 5.28. The van der Waals surface area contributed by atoms with Crippen molar-refractivity contribution in [2.75, 3.05) is 26.3 Å². The molecule has 0 unspecified atom stereocenters. The van der Waals surface area contributed by atoms with Crippen molar-refractivity contribution >= 4 is 5.91 Å². The number of ether oxygens (including phenoxy) is 1. The third-order valence-corrected chi connectivity index (χ3v) is 2.57. The number of aromatic nitrogens is 1. The van der Waals surface area contributed by atoms with Crippen molar-refractivity contribution in [1.82, 2.24) is 10.3 Å². The van der Waals surface area contributed by atoms with E-state index in [1.807, 2.05) is 0 Å². The maximum Gasteiger partial charge on any atom is 0.252 e. The first kappa shape index (κ1) is 16.2. The zero-order valence-electron chi connectivity index (χ0n) is 11.8. The minimum absolute atomic E-state index is 0.173. The summed E-state index contributed by atoms with van der Waals surface area (Å²) in [4.78, 5) is 16.0. The largest absolute Gasteiger partial charge is 0.380 e. The van der Waals surface area contributed by atoms with Crippen LogP contribution < -0.4 is 11.1 Å². The van der Waals surface area contributed by atoms with Crippen LogP contribution in [0.3, 0.4) is 0 Å². The number of carbonyl (C=O) groups excluding carboxylic acids is 1. The number of hydrogen-bond donors (Lipinski definition) is 2. The molecule has 0 aliphatic carbocycles. The first-order valence-electron chi connectivity index (χ1n) is 6.78. The molecule has 0 fully saturated rings. The number of carbonyl (C=O) groups is 1. The predicted molar refractivity (Wildman–Crippen MR) is 78.2 cm³/mol. The summed E-state index contributed by atoms with van der Waals surface area (Å²) in [6, 6.07) is 1.65. The Labute approximate surface area is 119 Å². The van der Waals surface area contributed by atoms with Gasteiger partial charge in [-0.05, 0) is 12.5 Å². The lowest BCUT2D eigenvalue weighted by atomic mass is 10.1. The lowest BCUT2D eigenvalue weighted by molar-refractivity contribution is 0.0912. The maximum atomic E-state index is 12.0. The molecule has 3 N–H and O–H groups in total. The summed E-state index contributed by atoms with van der Waals surface area (Å²) >= 11 is 0. The van der Waals surface area contributed by atoms with Gasteiger partial charge in [0, 0.05) is 25.5 Å². The molecule has 0 saturated carbocycles. The molecule has 1 aromatic rings. The van der Waals surface area contributed by atoms with Gasteiger partial charge in [0.25, 0.3) is 5.91 Å². The van der Waals surface area contributed by atoms with Gasteiger partial charge in [0.15, 0.2) is 0 Å². The number of unbranched alkanes of at least 4 members (excludes halogenated alkanes) is 1. The summed E-state index contributed by atoms with van der Waals surface area (Å²) in [5.74, 6) is 5.39. The number of amides is 1. The Morgan fingerprint density at radius 2 is 2.35 bits per heavy atom. The molecule has 0 atom stereocenters. The van der Waals surface area contributed by atoms with E-state index in [1.54, 1.807) is 18.5 Å². The molecule has 0 aliphatic rings. The Hall–Kier alpha value is -1.90. The second kappa shape index (κ2) is 9.96. The van der Waals surface area contributed by atoms with Crippen LogP contribution in [0, 0.1) is 11.8 Å². The number of hydrogen-bond acceptors (Lipinski definition) is 4. The summed E-state index contributed by atoms with van der Waals surface area (Å²) in [5, 5.41) is 2.80. The Kier molecular flexibility index (Phi) is 8.04. The van der Waals surface area contributed by atoms with Gasteiger partial charge in [0.05, 0.1) is 24.3 Å². The zero-order valence-corrected chi connectivity index (χ0v) is 11.8. The van der Waals surface area contributed by atoms with Crippen molar-refractivity contribution in [3.05, 3.63) is 29.6 Å². The van der Waals surface area contributed by atoms with Crippen molar-refractivity contribution in [2.45, 2.75) is 19.8 Å². The predicted octanol–water partition coefficient (Wildman–Crippen LogP) is 0.938. The van der Waals surface area contributed by atoms with E-state index < -0.39 is 0 Å². The topological polar surface area (TPSA) is 77.2 Å². The molecule has 1 heterocycles. The lowest BCUT2D eigenvalue weighted by Crippen LogP contribution is -2.28. The molecule has 5 nitrogen and oxygen atoms in total. The summed E-state index contributed by atoms with van der Waals surface area (Å²) in [6.45, 7) is 4.09. The maximum absolute atomic E-state index is 12.0. The van der Waals surface area contributed by atoms with Crippen molar-refractivity contribution in [3.63, 3.8) is 0 Å². The highest BCUT2D eigenvalue weighted by atomic mass is 16.5. The van der Waals surface area contributed by atoms with Gasteiger partial charge >= 0.3 is 0 Å². The molecule has 0 aliphatic heterocycles. The van der Waals surface area contributed by atoms with Gasteiger partial charge in [-0.1, -0.05) is 25.2 Å². The van der Waals surface area contributed by atoms with Crippen LogP contribution in [0.1, 0.15) is 35.7 Å². The zero-order chi connectivity index (χ0) is 14.6. The monoisotopic (exact) mass is 275 g/mol. The van der Waals surface area contributed by atoms with E-state index in [0.29, 0.717) is 24.3 Å². The van der Waals surface area contributed by atoms with E-state index in [2.05, 4.69) is 29.1 Å². The quantitative estimate of drug-likeness (QED) is 0.573. The van der Waals surface area contributed by atoms with E-state index in [1.165, 1.54) is 0 Å². The Bertz CT molecular complexity index is 477. The Balaban J connectivity index is 2.47. The van der Waals surface area contributed by atoms with Crippen LogP contribution >= 0.6 is 0 Å². The molecule has 1 amide bonds. The molecule has 20 heavy (non-hydrogen) atoms. The number of nitrogens with one attached hydrogen (secondary N) is 1. The second-order valence-corrected chi connectivity index (χ2v) is 4.15. The first-order valence-corrected chi connectivity index (χ1v) is 6.78. The van der Waals surface area contributed by atoms with Gasteiger partial charge in [-0.2, -0.15) is 0 Å². The number of pyridine rings is 1. The van der Waals surface area contributed by atoms with E-state index in [4.69, 9.17) is 10.5 Å². The second-order valence-electron chi connectivity index (χ2n) is 4.15. The van der Waals surface area contributed by atoms with Gasteiger partial charge in [-0.3, -0.25) is 9.78 Å². The number of rotatable bonds is 7. The molecule has 0 radical (unpaired) electrons. The normalized spacial score (nSPS) is 9.70. The molecular formula is C15H21N3O2. The SMILES string of the molecule is CCCCOCCNC(=O)c1ccncc1C#CCN. The lowest BCUT2D eigenvalue weighted by Gasteiger charge is -2.07. The average molecular weight is 275 g/mol. The highest BCUT2D eigenvalue weighted by Gasteiger charge is 2.09. The highest BCUT2D eigenvalue weighted by Crippen LogP contribution is 2.04. The molecule has 1 rings (SSSR count). The van der Waals surface area contributed by atoms with Crippen LogP contribution in [0.15, 0.2) is 18.5 Å². The minimum atomic E-state index is -0.173. The molecule has 0 saturated heterocycles. The summed E-state index contributed by atoms with van der Waals surface area (Å²) in [7, 11) is 0. The van der Waals surface area contributed by atoms with Crippen LogP contribution in [-0.2, 0) is 4.74 Å². The van der Waals surface area contributed by atoms with E-state index in [9.17, 15) is 4.79 Å². The van der Waals surface area contributed by atoms with Crippen molar-refractivity contribution < 1.29 is 9.53 Å². The molecule has 0 bridgehead atoms.